The number of methoxy groups -OCH3 is 2. The maximum absolute atomic E-state index is 10.3. The van der Waals surface area contributed by atoms with E-state index in [0.717, 1.165) is 19.6 Å². The van der Waals surface area contributed by atoms with Crippen molar-refractivity contribution in [2.75, 3.05) is 49.4 Å². The lowest BCUT2D eigenvalue weighted by atomic mass is 9.89. The van der Waals surface area contributed by atoms with Gasteiger partial charge in [0.1, 0.15) is 23.8 Å². The summed E-state index contributed by atoms with van der Waals surface area (Å²) in [5, 5.41) is 25.2. The van der Waals surface area contributed by atoms with Crippen LogP contribution in [-0.4, -0.2) is 64.7 Å². The first-order chi connectivity index (χ1) is 18.5. The highest BCUT2D eigenvalue weighted by Crippen LogP contribution is 2.38. The number of phenolic OH excluding ortho intramolecular Hbond substituents is 1. The normalized spacial score (nSPS) is 16.1. The van der Waals surface area contributed by atoms with Crippen LogP contribution in [0.2, 0.25) is 0 Å². The van der Waals surface area contributed by atoms with E-state index in [1.165, 1.54) is 52.5 Å². The Hall–Kier alpha value is -4.02. The van der Waals surface area contributed by atoms with E-state index >= 15 is 0 Å². The molecule has 38 heavy (non-hydrogen) atoms. The van der Waals surface area contributed by atoms with E-state index in [1.807, 2.05) is 6.20 Å². The Kier molecular flexibility index (Phi) is 7.52. The molecule has 1 aliphatic heterocycles. The predicted octanol–water partition coefficient (Wildman–Crippen LogP) is 4.57. The van der Waals surface area contributed by atoms with E-state index in [1.54, 1.807) is 23.0 Å². The zero-order chi connectivity index (χ0) is 26.6. The van der Waals surface area contributed by atoms with Crippen LogP contribution in [0.4, 0.5) is 23.4 Å². The van der Waals surface area contributed by atoms with Gasteiger partial charge in [0.15, 0.2) is 11.5 Å². The fraction of sp³-hybridized carbons (Fsp3) is 0.481. The van der Waals surface area contributed by atoms with Crippen LogP contribution < -0.4 is 25.0 Å². The second kappa shape index (κ2) is 11.2. The van der Waals surface area contributed by atoms with Gasteiger partial charge in [0.2, 0.25) is 11.7 Å². The second-order valence-electron chi connectivity index (χ2n) is 10.2. The molecule has 202 valence electrons. The summed E-state index contributed by atoms with van der Waals surface area (Å²) >= 11 is 0. The van der Waals surface area contributed by atoms with Crippen LogP contribution >= 0.6 is 0 Å². The summed E-state index contributed by atoms with van der Waals surface area (Å²) in [4.78, 5) is 16.3. The van der Waals surface area contributed by atoms with E-state index in [2.05, 4.69) is 27.4 Å². The van der Waals surface area contributed by atoms with Gasteiger partial charge in [-0.3, -0.25) is 0 Å². The van der Waals surface area contributed by atoms with Crippen molar-refractivity contribution < 1.29 is 14.6 Å². The van der Waals surface area contributed by atoms with Crippen LogP contribution in [0.3, 0.4) is 0 Å². The van der Waals surface area contributed by atoms with Gasteiger partial charge in [-0.2, -0.15) is 9.97 Å². The second-order valence-corrected chi connectivity index (χ2v) is 10.2. The summed E-state index contributed by atoms with van der Waals surface area (Å²) in [7, 11) is 2.98. The molecule has 1 saturated heterocycles. The van der Waals surface area contributed by atoms with Crippen LogP contribution in [0.5, 0.6) is 17.2 Å². The van der Waals surface area contributed by atoms with Crippen molar-refractivity contribution in [1.82, 2.24) is 19.5 Å². The first-order valence-electron chi connectivity index (χ1n) is 13.2. The van der Waals surface area contributed by atoms with E-state index in [9.17, 15) is 5.11 Å². The van der Waals surface area contributed by atoms with Crippen LogP contribution in [0, 0.1) is 17.2 Å². The maximum atomic E-state index is 10.3. The van der Waals surface area contributed by atoms with Crippen molar-refractivity contribution in [2.45, 2.75) is 39.0 Å². The summed E-state index contributed by atoms with van der Waals surface area (Å²) in [6, 6.07) is 3.40. The van der Waals surface area contributed by atoms with Gasteiger partial charge in [-0.05, 0) is 24.7 Å². The molecule has 4 N–H and O–H groups in total. The van der Waals surface area contributed by atoms with Gasteiger partial charge in [0.05, 0.1) is 31.7 Å². The van der Waals surface area contributed by atoms with E-state index in [0.29, 0.717) is 58.0 Å². The molecule has 0 spiro atoms. The first kappa shape index (κ1) is 25.6. The molecule has 1 aromatic carbocycles. The molecule has 11 heteroatoms. The van der Waals surface area contributed by atoms with Crippen molar-refractivity contribution in [1.29, 1.82) is 5.41 Å². The lowest BCUT2D eigenvalue weighted by Gasteiger charge is -2.37. The minimum atomic E-state index is -0.0603. The molecule has 0 radical (unpaired) electrons. The Morgan fingerprint density at radius 2 is 1.76 bits per heavy atom. The van der Waals surface area contributed by atoms with Crippen molar-refractivity contribution in [3.8, 4) is 22.9 Å². The maximum Gasteiger partial charge on any atom is 0.229 e. The lowest BCUT2D eigenvalue weighted by Crippen LogP contribution is -2.46. The molecule has 0 amide bonds. The summed E-state index contributed by atoms with van der Waals surface area (Å²) in [5.74, 6) is 4.16. The average molecular weight is 521 g/mol. The van der Waals surface area contributed by atoms with Gasteiger partial charge in [-0.25, -0.2) is 4.98 Å². The molecule has 0 unspecified atom stereocenters. The van der Waals surface area contributed by atoms with Crippen LogP contribution in [0.1, 0.15) is 44.6 Å². The molecule has 3 heterocycles. The number of phenols is 1. The summed E-state index contributed by atoms with van der Waals surface area (Å²) in [5.41, 5.74) is 1.30. The zero-order valence-electron chi connectivity index (χ0n) is 22.2. The number of hydrogen-bond donors (Lipinski definition) is 4. The number of nitrogens with one attached hydrogen (secondary N) is 3. The van der Waals surface area contributed by atoms with Crippen LogP contribution in [-0.2, 0) is 0 Å². The molecule has 2 aromatic heterocycles. The Morgan fingerprint density at radius 1 is 1.08 bits per heavy atom. The fourth-order valence-corrected chi connectivity index (χ4v) is 5.14. The summed E-state index contributed by atoms with van der Waals surface area (Å²) < 4.78 is 12.4. The minimum Gasteiger partial charge on any atom is -0.502 e. The van der Waals surface area contributed by atoms with Crippen molar-refractivity contribution in [2.24, 2.45) is 11.8 Å². The number of nitrogens with zero attached hydrogens (tertiary/aromatic N) is 5. The molecule has 1 saturated carbocycles. The highest BCUT2D eigenvalue weighted by Gasteiger charge is 2.27. The van der Waals surface area contributed by atoms with Gasteiger partial charge in [-0.1, -0.05) is 26.2 Å². The molecule has 2 fully saturated rings. The molecule has 1 aliphatic carbocycles. The van der Waals surface area contributed by atoms with Crippen LogP contribution in [0.15, 0.2) is 24.7 Å². The average Bonchev–Trinajstić information content (AvgIpc) is 3.39. The number of imidazole rings is 1. The summed E-state index contributed by atoms with van der Waals surface area (Å²) in [6.45, 7) is 4.87. The smallest absolute Gasteiger partial charge is 0.229 e. The number of rotatable bonds is 10. The fourth-order valence-electron chi connectivity index (χ4n) is 5.14. The Morgan fingerprint density at radius 3 is 2.39 bits per heavy atom. The molecule has 0 bridgehead atoms. The van der Waals surface area contributed by atoms with Crippen molar-refractivity contribution >= 4 is 29.6 Å². The highest BCUT2D eigenvalue weighted by atomic mass is 16.5. The van der Waals surface area contributed by atoms with Gasteiger partial charge in [0.25, 0.3) is 0 Å². The van der Waals surface area contributed by atoms with Gasteiger partial charge < -0.3 is 40.1 Å². The van der Waals surface area contributed by atoms with Gasteiger partial charge >= 0.3 is 0 Å². The number of hydrogen-bond acceptors (Lipinski definition) is 10. The van der Waals surface area contributed by atoms with Gasteiger partial charge in [-0.15, -0.1) is 0 Å². The third-order valence-corrected chi connectivity index (χ3v) is 7.30. The third kappa shape index (κ3) is 5.32. The minimum absolute atomic E-state index is 0.0603. The molecular formula is C27H36N8O3. The number of ether oxygens (including phenoxy) is 2. The quantitative estimate of drug-likeness (QED) is 0.284. The van der Waals surface area contributed by atoms with Crippen molar-refractivity contribution in [3.63, 3.8) is 0 Å². The molecule has 2 aliphatic rings. The lowest BCUT2D eigenvalue weighted by molar-refractivity contribution is 0.339. The van der Waals surface area contributed by atoms with Crippen LogP contribution in [0.25, 0.3) is 5.69 Å². The number of aromatic nitrogens is 4. The Balaban J connectivity index is 1.43. The molecule has 0 atom stereocenters. The summed E-state index contributed by atoms with van der Waals surface area (Å²) in [6.07, 6.45) is 11.1. The van der Waals surface area contributed by atoms with Crippen molar-refractivity contribution in [3.05, 3.63) is 30.2 Å². The third-order valence-electron chi connectivity index (χ3n) is 7.30. The highest BCUT2D eigenvalue weighted by molar-refractivity contribution is 5.92. The molecular weight excluding hydrogens is 484 g/mol. The standard InChI is InChI=1S/C27H36N8O3/c1-17-13-34(14-17)27-32-25(29-12-18-7-5-4-6-8-18)20(11-28)26(33-27)31-23-15-35(16-30-23)19-9-21(37-2)24(36)22(10-19)38-3/h9-11,15-18,28,36H,4-8,12-14H2,1-3H3,(H2,29,31,32,33). The number of anilines is 4. The number of aromatic hydroxyl groups is 1. The first-order valence-corrected chi connectivity index (χ1v) is 13.2. The Bertz CT molecular complexity index is 1260. The van der Waals surface area contributed by atoms with Gasteiger partial charge in [0, 0.05) is 38.0 Å². The monoisotopic (exact) mass is 520 g/mol. The molecule has 3 aromatic rings. The zero-order valence-corrected chi connectivity index (χ0v) is 22.2. The Labute approximate surface area is 222 Å². The molecule has 5 rings (SSSR count). The topological polar surface area (TPSA) is 133 Å². The predicted molar refractivity (Wildman–Crippen MR) is 148 cm³/mol. The number of benzene rings is 1. The SMILES string of the molecule is COc1cc(-n2cnc(Nc3nc(N4CC(C)C4)nc(NCC4CCCCC4)c3C=N)c2)cc(OC)c1O. The van der Waals surface area contributed by atoms with E-state index in [4.69, 9.17) is 24.9 Å². The largest absolute Gasteiger partial charge is 0.502 e. The van der Waals surface area contributed by atoms with E-state index < -0.39 is 0 Å². The molecule has 11 nitrogen and oxygen atoms in total. The van der Waals surface area contributed by atoms with E-state index in [-0.39, 0.29) is 5.75 Å².